The maximum atomic E-state index is 5.66. The van der Waals surface area contributed by atoms with Gasteiger partial charge in [0.2, 0.25) is 11.9 Å². The van der Waals surface area contributed by atoms with Crippen molar-refractivity contribution in [3.05, 3.63) is 267 Å². The second kappa shape index (κ2) is 16.8. The van der Waals surface area contributed by atoms with Gasteiger partial charge in [-0.1, -0.05) is 188 Å². The highest BCUT2D eigenvalue weighted by Crippen LogP contribution is 2.52. The van der Waals surface area contributed by atoms with Crippen LogP contribution >= 0.6 is 0 Å². The second-order valence-electron chi connectivity index (χ2n) is 24.4. The number of aromatic nitrogens is 8. The Kier molecular flexibility index (Phi) is 8.78. The molecule has 0 N–H and O–H groups in total. The number of fused-ring (bicyclic) bond motifs is 27. The molecule has 412 valence electrons. The van der Waals surface area contributed by atoms with Crippen LogP contribution < -0.4 is 0 Å². The van der Waals surface area contributed by atoms with E-state index in [0.29, 0.717) is 11.9 Å². The van der Waals surface area contributed by atoms with E-state index in [9.17, 15) is 0 Å². The first-order valence-corrected chi connectivity index (χ1v) is 30.8. The third-order valence-electron chi connectivity index (χ3n) is 20.0. The van der Waals surface area contributed by atoms with Crippen molar-refractivity contribution in [3.63, 3.8) is 0 Å². The zero-order chi connectivity index (χ0) is 58.2. The molecule has 0 unspecified atom stereocenters. The summed E-state index contributed by atoms with van der Waals surface area (Å²) in [5, 5.41) is 23.6. The van der Waals surface area contributed by atoms with E-state index in [1.165, 1.54) is 108 Å². The monoisotopic (exact) mass is 1140 g/mol. The molecule has 8 aromatic heterocycles. The Morgan fingerprint density at radius 3 is 1.44 bits per heavy atom. The first kappa shape index (κ1) is 47.0. The van der Waals surface area contributed by atoms with Crippen molar-refractivity contribution in [1.82, 2.24) is 37.9 Å². The molecule has 0 fully saturated rings. The molecule has 0 aliphatic carbocycles. The van der Waals surface area contributed by atoms with Gasteiger partial charge in [0.1, 0.15) is 0 Å². The minimum Gasteiger partial charge on any atom is -0.308 e. The van der Waals surface area contributed by atoms with Crippen LogP contribution in [0.15, 0.2) is 267 Å². The largest absolute Gasteiger partial charge is 0.308 e. The molecule has 0 saturated heterocycles. The second-order valence-corrected chi connectivity index (χ2v) is 24.4. The van der Waals surface area contributed by atoms with E-state index in [-0.39, 0.29) is 0 Å². The van der Waals surface area contributed by atoms with E-state index in [0.717, 1.165) is 88.1 Å². The summed E-state index contributed by atoms with van der Waals surface area (Å²) in [5.74, 6) is 1.27. The Balaban J connectivity index is 0.785. The molecule has 8 nitrogen and oxygen atoms in total. The molecule has 90 heavy (non-hydrogen) atoms. The zero-order valence-electron chi connectivity index (χ0n) is 48.0. The zero-order valence-corrected chi connectivity index (χ0v) is 48.0. The molecule has 14 aromatic carbocycles. The molecule has 0 spiro atoms. The topological polar surface area (TPSA) is 70.2 Å². The van der Waals surface area contributed by atoms with Crippen molar-refractivity contribution in [2.24, 2.45) is 0 Å². The van der Waals surface area contributed by atoms with Crippen LogP contribution in [0.4, 0.5) is 0 Å². The Hall–Kier alpha value is -12.3. The molecule has 22 aromatic rings. The summed E-state index contributed by atoms with van der Waals surface area (Å²) in [7, 11) is 0. The van der Waals surface area contributed by atoms with Crippen LogP contribution in [0.1, 0.15) is 0 Å². The van der Waals surface area contributed by atoms with E-state index >= 15 is 0 Å². The molecule has 8 heteroatoms. The molecular formula is C82H44N8. The Labute approximate surface area is 510 Å². The van der Waals surface area contributed by atoms with Crippen LogP contribution in [-0.4, -0.2) is 37.9 Å². The number of hydrogen-bond donors (Lipinski definition) is 0. The first-order chi connectivity index (χ1) is 44.7. The minimum absolute atomic E-state index is 0.634. The van der Waals surface area contributed by atoms with Crippen LogP contribution in [0.2, 0.25) is 0 Å². The maximum absolute atomic E-state index is 5.66. The fourth-order valence-corrected chi connectivity index (χ4v) is 16.3. The summed E-state index contributed by atoms with van der Waals surface area (Å²) >= 11 is 0. The molecule has 0 atom stereocenters. The van der Waals surface area contributed by atoms with Crippen LogP contribution in [0.3, 0.4) is 0 Å². The molecular weight excluding hydrogens is 1100 g/mol. The highest BCUT2D eigenvalue weighted by atomic mass is 15.2. The summed E-state index contributed by atoms with van der Waals surface area (Å²) < 4.78 is 9.68. The molecule has 0 saturated carbocycles. The molecule has 22 rings (SSSR count). The first-order valence-electron chi connectivity index (χ1n) is 30.8. The Morgan fingerprint density at radius 1 is 0.244 bits per heavy atom. The maximum Gasteiger partial charge on any atom is 0.235 e. The van der Waals surface area contributed by atoms with E-state index < -0.39 is 0 Å². The molecule has 8 heterocycles. The van der Waals surface area contributed by atoms with Crippen LogP contribution in [-0.2, 0) is 0 Å². The highest BCUT2D eigenvalue weighted by molar-refractivity contribution is 6.40. The lowest BCUT2D eigenvalue weighted by molar-refractivity contribution is 1.01. The lowest BCUT2D eigenvalue weighted by Gasteiger charge is -2.13. The van der Waals surface area contributed by atoms with Gasteiger partial charge < -0.3 is 8.80 Å². The molecule has 0 bridgehead atoms. The van der Waals surface area contributed by atoms with Crippen molar-refractivity contribution >= 4 is 174 Å². The third kappa shape index (κ3) is 5.90. The molecule has 0 radical (unpaired) electrons. The standard InChI is InChI=1S/C82H44N8/c1-2-19-48-40-50(33-32-45(48)16-1)76-58-25-7-11-27-64(58)85-82(86-76)90-67-30-14-10-24-57(67)61-43-62-71-54(26-15-31-68(71)88-70-39-36-47-18-4-6-21-53(47)73(70)75(79(61)90)80(62)88)49-34-37-63-51(41-49)44-83-81(84-63)89-66-29-13-9-23-56(66)60-42-59-55-22-8-12-28-65(55)87-69-38-35-46-17-3-5-20-52(46)72(69)74(77(59)87)78(60)89/h1-44H. The minimum atomic E-state index is 0.634. The number of rotatable bonds is 4. The van der Waals surface area contributed by atoms with Gasteiger partial charge in [-0.05, 0) is 116 Å². The van der Waals surface area contributed by atoms with Gasteiger partial charge in [-0.25, -0.2) is 19.9 Å². The summed E-state index contributed by atoms with van der Waals surface area (Å²) in [5.41, 5.74) is 17.4. The summed E-state index contributed by atoms with van der Waals surface area (Å²) in [6, 6.07) is 95.3. The Bertz CT molecular complexity index is 6980. The highest BCUT2D eigenvalue weighted by Gasteiger charge is 2.30. The summed E-state index contributed by atoms with van der Waals surface area (Å²) in [4.78, 5) is 22.1. The molecule has 0 amide bonds. The predicted octanol–water partition coefficient (Wildman–Crippen LogP) is 20.9. The van der Waals surface area contributed by atoms with E-state index in [4.69, 9.17) is 19.9 Å². The average Bonchev–Trinajstić information content (AvgIpc) is 1.52. The summed E-state index contributed by atoms with van der Waals surface area (Å²) in [6.07, 6.45) is 2.03. The normalized spacial score (nSPS) is 12.7. The smallest absolute Gasteiger partial charge is 0.235 e. The van der Waals surface area contributed by atoms with E-state index in [1.54, 1.807) is 0 Å². The molecule has 0 aliphatic heterocycles. The average molecular weight is 1140 g/mol. The van der Waals surface area contributed by atoms with Gasteiger partial charge in [0.15, 0.2) is 0 Å². The van der Waals surface area contributed by atoms with Gasteiger partial charge in [-0.2, -0.15) is 0 Å². The lowest BCUT2D eigenvalue weighted by Crippen LogP contribution is -2.03. The van der Waals surface area contributed by atoms with Crippen molar-refractivity contribution in [3.8, 4) is 34.3 Å². The number of benzene rings is 14. The lowest BCUT2D eigenvalue weighted by atomic mass is 9.95. The molecule has 0 aliphatic rings. The van der Waals surface area contributed by atoms with Crippen LogP contribution in [0.25, 0.3) is 208 Å². The van der Waals surface area contributed by atoms with Gasteiger partial charge in [-0.3, -0.25) is 9.13 Å². The predicted molar refractivity (Wildman–Crippen MR) is 374 cm³/mol. The van der Waals surface area contributed by atoms with Crippen LogP contribution in [0, 0.1) is 0 Å². The summed E-state index contributed by atoms with van der Waals surface area (Å²) in [6.45, 7) is 0. The Morgan fingerprint density at radius 2 is 0.733 bits per heavy atom. The van der Waals surface area contributed by atoms with Gasteiger partial charge >= 0.3 is 0 Å². The van der Waals surface area contributed by atoms with E-state index in [1.807, 2.05) is 6.20 Å². The number of para-hydroxylation sites is 4. The van der Waals surface area contributed by atoms with E-state index in [2.05, 4.69) is 279 Å². The van der Waals surface area contributed by atoms with Gasteiger partial charge in [0.05, 0.1) is 71.9 Å². The SMILES string of the molecule is c1ccc2cc(-c3nc(-n4c5ccccc5c5cc6c7c(-c8ccc9nc(-n%10c%11ccccc%11c%11cc%12c%13ccccc%13n%13c%14ccc%15ccccc%15c%14c(c%11%10)c%12%13)ncc9c8)cccc7n7c8ccc9ccccc9c8c(c54)c67)nc4ccccc34)ccc2c1. The van der Waals surface area contributed by atoms with Crippen LogP contribution in [0.5, 0.6) is 0 Å². The van der Waals surface area contributed by atoms with Crippen molar-refractivity contribution in [2.75, 3.05) is 0 Å². The van der Waals surface area contributed by atoms with Gasteiger partial charge in [-0.15, -0.1) is 0 Å². The quantitative estimate of drug-likeness (QED) is 0.176. The fraction of sp³-hybridized carbons (Fsp3) is 0. The third-order valence-corrected chi connectivity index (χ3v) is 20.0. The van der Waals surface area contributed by atoms with Gasteiger partial charge in [0.25, 0.3) is 0 Å². The van der Waals surface area contributed by atoms with Crippen molar-refractivity contribution < 1.29 is 0 Å². The van der Waals surface area contributed by atoms with Crippen molar-refractivity contribution in [2.45, 2.75) is 0 Å². The van der Waals surface area contributed by atoms with Crippen molar-refractivity contribution in [1.29, 1.82) is 0 Å². The number of nitrogens with zero attached hydrogens (tertiary/aromatic N) is 8. The van der Waals surface area contributed by atoms with Gasteiger partial charge in [0, 0.05) is 87.2 Å². The number of hydrogen-bond acceptors (Lipinski definition) is 4. The fourth-order valence-electron chi connectivity index (χ4n) is 16.3.